The van der Waals surface area contributed by atoms with Gasteiger partial charge in [-0.05, 0) is 115 Å². The van der Waals surface area contributed by atoms with Crippen molar-refractivity contribution >= 4 is 128 Å². The van der Waals surface area contributed by atoms with Gasteiger partial charge in [0.2, 0.25) is 17.8 Å². The van der Waals surface area contributed by atoms with E-state index >= 15 is 0 Å². The molecule has 2 aliphatic heterocycles. The molecule has 2 aliphatic rings. The zero-order valence-electron chi connectivity index (χ0n) is 66.5. The number of Topliss-reactive ketones (excluding diaryl/α,β-unsaturated/α-hetero) is 2. The molecule has 0 fully saturated rings. The van der Waals surface area contributed by atoms with E-state index in [2.05, 4.69) is 61.1 Å². The number of aliphatic carboxylic acids is 1. The average Bonchev–Trinajstić information content (AvgIpc) is 1.02. The molecule has 10 N–H and O–H groups in total. The van der Waals surface area contributed by atoms with E-state index in [-0.39, 0.29) is 190 Å². The number of nitrogens with one attached hydrogen (secondary N) is 6. The van der Waals surface area contributed by atoms with Gasteiger partial charge in [0.05, 0.1) is 70.4 Å². The van der Waals surface area contributed by atoms with Gasteiger partial charge >= 0.3 is 54.8 Å². The molecule has 41 nitrogen and oxygen atoms in total. The number of ketones is 2. The smallest absolute Gasteiger partial charge is 0.870 e. The van der Waals surface area contributed by atoms with E-state index in [4.69, 9.17) is 38.9 Å². The van der Waals surface area contributed by atoms with Gasteiger partial charge in [-0.25, -0.2) is 39.3 Å². The SMILES string of the molecule is CC(C)(OCCCC(=O)CC[C@H](NC(=O)c1ccc(NCc2cnc3nc(N)[nH]c(=O)c3n2)cc1)C(=O)O)OCCCC(=O)OCN1C(=O)C=CC1=O.COC(=O)[C@H](CCC(=O)CCCOC(C)(C)OCCCC(=O)OCN1C(=O)C=CC1=O)NC(=O)c1ccc(N(Cc2cnc3nc(NC(=O)C(C)C)[nH]c(=O)c3n2)C(=O)C(F)(F)F)cc1.[Li+].[OH-]. The van der Waals surface area contributed by atoms with Crippen LogP contribution in [0, 0.1) is 5.92 Å². The molecule has 0 radical (unpaired) electrons. The first kappa shape index (κ1) is 98.1. The van der Waals surface area contributed by atoms with Crippen LogP contribution in [0.1, 0.15) is 151 Å². The number of hydrogen-bond donors (Lipinski definition) is 8. The second-order valence-corrected chi connectivity index (χ2v) is 27.3. The van der Waals surface area contributed by atoms with E-state index in [9.17, 15) is 95.0 Å². The molecule has 640 valence electrons. The number of methoxy groups -OCH3 is 1. The molecule has 8 rings (SSSR count). The monoisotopic (exact) mass is 1680 g/mol. The number of nitrogen functional groups attached to an aromatic ring is 1. The molecule has 6 heterocycles. The molecule has 8 amide bonds. The Kier molecular flexibility index (Phi) is 37.6. The number of ether oxygens (including phenoxy) is 7. The summed E-state index contributed by atoms with van der Waals surface area (Å²) in [6, 6.07) is 8.00. The number of nitrogens with two attached hydrogens (primary N) is 1. The van der Waals surface area contributed by atoms with Crippen molar-refractivity contribution in [1.82, 2.24) is 60.3 Å². The minimum atomic E-state index is -5.35. The predicted molar refractivity (Wildman–Crippen MR) is 407 cm³/mol. The van der Waals surface area contributed by atoms with Crippen molar-refractivity contribution in [1.29, 1.82) is 0 Å². The summed E-state index contributed by atoms with van der Waals surface area (Å²) in [5.74, 6) is -13.1. The Balaban J connectivity index is 0.000000428. The van der Waals surface area contributed by atoms with Gasteiger partial charge in [0, 0.05) is 91.2 Å². The van der Waals surface area contributed by atoms with Crippen molar-refractivity contribution in [2.24, 2.45) is 5.92 Å². The van der Waals surface area contributed by atoms with E-state index < -0.39 is 138 Å². The molecule has 120 heavy (non-hydrogen) atoms. The normalized spacial score (nSPS) is 13.0. The molecule has 0 saturated heterocycles. The number of esters is 3. The number of carboxylic acids is 1. The van der Waals surface area contributed by atoms with Crippen molar-refractivity contribution in [2.45, 2.75) is 162 Å². The van der Waals surface area contributed by atoms with Crippen LogP contribution in [0.3, 0.4) is 0 Å². The molecular formula is C75H88F3LiN16O25. The number of rotatable bonds is 44. The number of anilines is 4. The number of carbonyl (C=O) groups is 14. The summed E-state index contributed by atoms with van der Waals surface area (Å²) in [5.41, 5.74) is 4.33. The molecule has 4 aromatic heterocycles. The first-order valence-electron chi connectivity index (χ1n) is 36.6. The van der Waals surface area contributed by atoms with Gasteiger partial charge in [-0.2, -0.15) is 23.1 Å². The molecule has 0 aliphatic carbocycles. The van der Waals surface area contributed by atoms with Crippen LogP contribution in [0.15, 0.2) is 94.8 Å². The number of hydrogen-bond acceptors (Lipinski definition) is 32. The third kappa shape index (κ3) is 31.1. The van der Waals surface area contributed by atoms with Gasteiger partial charge < -0.3 is 65.4 Å². The fraction of sp³-hybridized carbons (Fsp3) is 0.440. The van der Waals surface area contributed by atoms with Crippen LogP contribution in [-0.4, -0.2) is 220 Å². The molecule has 0 spiro atoms. The van der Waals surface area contributed by atoms with E-state index in [1.807, 2.05) is 0 Å². The van der Waals surface area contributed by atoms with Crippen LogP contribution >= 0.6 is 0 Å². The zero-order valence-corrected chi connectivity index (χ0v) is 66.5. The first-order valence-corrected chi connectivity index (χ1v) is 36.6. The number of imide groups is 2. The zero-order chi connectivity index (χ0) is 86.6. The van der Waals surface area contributed by atoms with E-state index in [0.717, 1.165) is 71.7 Å². The minimum absolute atomic E-state index is 0. The fourth-order valence-corrected chi connectivity index (χ4v) is 10.6. The van der Waals surface area contributed by atoms with Crippen LogP contribution < -0.4 is 61.9 Å². The number of nitrogens with zero attached hydrogens (tertiary/aromatic N) is 9. The number of amides is 8. The summed E-state index contributed by atoms with van der Waals surface area (Å²) in [5, 5.41) is 20.1. The average molecular weight is 1680 g/mol. The van der Waals surface area contributed by atoms with Crippen molar-refractivity contribution in [3.8, 4) is 0 Å². The molecule has 0 saturated carbocycles. The Morgan fingerprint density at radius 3 is 1.46 bits per heavy atom. The second-order valence-electron chi connectivity index (χ2n) is 27.3. The summed E-state index contributed by atoms with van der Waals surface area (Å²) < 4.78 is 78.7. The van der Waals surface area contributed by atoms with Crippen molar-refractivity contribution in [2.75, 3.05) is 68.3 Å². The topological polar surface area (TPSA) is 581 Å². The quantitative estimate of drug-likeness (QED) is 0.00655. The molecule has 0 bridgehead atoms. The van der Waals surface area contributed by atoms with Crippen LogP contribution in [0.5, 0.6) is 0 Å². The number of carbonyl (C=O) groups excluding carboxylic acids is 13. The number of halogens is 3. The number of H-pyrrole nitrogens is 2. The van der Waals surface area contributed by atoms with E-state index in [1.54, 1.807) is 53.7 Å². The summed E-state index contributed by atoms with van der Waals surface area (Å²) in [7, 11) is 1.08. The maximum Gasteiger partial charge on any atom is 1.00 e. The molecule has 2 aromatic carbocycles. The minimum Gasteiger partial charge on any atom is -0.870 e. The summed E-state index contributed by atoms with van der Waals surface area (Å²) >= 11 is 0. The van der Waals surface area contributed by atoms with Crippen molar-refractivity contribution in [3.05, 3.63) is 128 Å². The number of aromatic nitrogens is 8. The van der Waals surface area contributed by atoms with Gasteiger partial charge in [-0.15, -0.1) is 0 Å². The van der Waals surface area contributed by atoms with Crippen LogP contribution in [0.25, 0.3) is 22.3 Å². The van der Waals surface area contributed by atoms with E-state index in [0.29, 0.717) is 29.1 Å². The molecule has 2 atom stereocenters. The summed E-state index contributed by atoms with van der Waals surface area (Å²) in [4.78, 5) is 226. The van der Waals surface area contributed by atoms with Crippen molar-refractivity contribution < 1.29 is 143 Å². The number of alkyl halides is 3. The third-order valence-electron chi connectivity index (χ3n) is 17.0. The Hall–Kier alpha value is -12.5. The third-order valence-corrected chi connectivity index (χ3v) is 17.0. The second kappa shape index (κ2) is 46.0. The Bertz CT molecular complexity index is 4870. The first-order chi connectivity index (χ1) is 55.8. The fourth-order valence-electron chi connectivity index (χ4n) is 10.6. The van der Waals surface area contributed by atoms with E-state index in [1.165, 1.54) is 18.3 Å². The Labute approximate surface area is 692 Å². The number of fused-ring (bicyclic) bond motifs is 2. The Morgan fingerprint density at radius 2 is 1.00 bits per heavy atom. The molecule has 45 heteroatoms. The maximum absolute atomic E-state index is 13.8. The summed E-state index contributed by atoms with van der Waals surface area (Å²) in [6.07, 6.45) is 2.30. The predicted octanol–water partition coefficient (Wildman–Crippen LogP) is 0.802. The standard InChI is InChI=1S/C41H47F3N8O13.C34H40N8O11.Li.H2O/c1-23(2)34(57)49-39-48-33-32(36(59)50-39)46-25(20-45-33)21-51(38(61)41(42,43)44)26-12-10-24(11-13-26)35(58)47-28(37(60)62-5)15-14-27(53)8-6-18-64-40(3,4)65-19-7-9-31(56)63-22-52-29(54)16-17-30(52)55;1-34(2,53-16-4-6-27(46)51-19-42-25(44)13-14-26(42)45)52-15-3-5-23(43)11-12-24(32(49)50)39-30(47)20-7-9-21(10-8-20)36-17-22-18-37-29-28(38-22)31(48)41-33(35)40-29;;/h10-13,16-17,20,23,28H,6-9,14-15,18-19,21-22H2,1-5H3,(H,47,58)(H2,45,48,49,50,57,59);7-10,13-14,18,24,36H,3-6,11-12,15-17,19H2,1-2H3,(H,39,47)(H,49,50)(H3,35,37,40,41,48);;1H2/q;;+1;/p-1/t28-;24-;;/m00../s1. The molecule has 0 unspecified atom stereocenters. The largest absolute Gasteiger partial charge is 1.00 e. The maximum atomic E-state index is 13.8. The van der Waals surface area contributed by atoms with Gasteiger partial charge in [0.25, 0.3) is 46.6 Å². The van der Waals surface area contributed by atoms with Gasteiger partial charge in [-0.1, -0.05) is 13.8 Å². The summed E-state index contributed by atoms with van der Waals surface area (Å²) in [6.45, 7) is 8.86. The number of benzene rings is 2. The van der Waals surface area contributed by atoms with Crippen LogP contribution in [0.4, 0.5) is 36.4 Å². The van der Waals surface area contributed by atoms with Crippen molar-refractivity contribution in [3.63, 3.8) is 0 Å². The number of carboxylic acid groups (broad SMARTS) is 1. The van der Waals surface area contributed by atoms with Gasteiger partial charge in [0.15, 0.2) is 47.4 Å². The number of aromatic amines is 2. The van der Waals surface area contributed by atoms with Crippen LogP contribution in [0.2, 0.25) is 0 Å². The van der Waals surface area contributed by atoms with Crippen LogP contribution in [-0.2, 0) is 104 Å². The van der Waals surface area contributed by atoms with Gasteiger partial charge in [-0.3, -0.25) is 87.3 Å². The molecular weight excluding hydrogens is 1590 g/mol. The molecule has 6 aromatic rings. The van der Waals surface area contributed by atoms with Gasteiger partial charge in [0.1, 0.15) is 23.7 Å². The Morgan fingerprint density at radius 1 is 0.575 bits per heavy atom.